The molecule has 1 N–H and O–H groups in total. The van der Waals surface area contributed by atoms with Crippen molar-refractivity contribution in [1.82, 2.24) is 14.9 Å². The summed E-state index contributed by atoms with van der Waals surface area (Å²) in [5, 5.41) is 2.51. The van der Waals surface area contributed by atoms with E-state index in [4.69, 9.17) is 14.1 Å². The zero-order valence-electron chi connectivity index (χ0n) is 29.3. The second kappa shape index (κ2) is 14.0. The molecule has 0 bridgehead atoms. The van der Waals surface area contributed by atoms with Crippen molar-refractivity contribution in [2.45, 2.75) is 95.9 Å². The molecule has 2 aliphatic rings. The standard InChI is InChI=1S/C40H51N3O4Si/c1-39(2,3)48(4,5)47-25-24-43(27-29-20-21-29)38(45)35-36(46-28-30-14-7-6-8-15-30)37(44)42-34(41-35)26-40(22-11-12-23-40)33-19-13-17-31-16-9-10-18-32(31)33/h6-10,13-19,29H,11-12,20-28H2,1-5H3,(H,41,42,44). The Morgan fingerprint density at radius 2 is 1.67 bits per heavy atom. The lowest BCUT2D eigenvalue weighted by Gasteiger charge is -2.37. The van der Waals surface area contributed by atoms with E-state index in [1.807, 2.05) is 35.2 Å². The third-order valence-corrected chi connectivity index (χ3v) is 15.4. The summed E-state index contributed by atoms with van der Waals surface area (Å²) in [6, 6.07) is 24.7. The number of nitrogens with one attached hydrogen (secondary N) is 1. The number of fused-ring (bicyclic) bond motifs is 1. The molecule has 254 valence electrons. The van der Waals surface area contributed by atoms with Crippen LogP contribution in [0.2, 0.25) is 18.1 Å². The quantitative estimate of drug-likeness (QED) is 0.145. The fourth-order valence-corrected chi connectivity index (χ4v) is 7.90. The van der Waals surface area contributed by atoms with Crippen molar-refractivity contribution in [3.63, 3.8) is 0 Å². The normalized spacial score (nSPS) is 16.3. The number of ether oxygens (including phenoxy) is 1. The van der Waals surface area contributed by atoms with Gasteiger partial charge in [0.2, 0.25) is 5.75 Å². The molecule has 7 nitrogen and oxygen atoms in total. The molecular formula is C40H51N3O4Si. The number of nitrogens with zero attached hydrogens (tertiary/aromatic N) is 2. The summed E-state index contributed by atoms with van der Waals surface area (Å²) in [4.78, 5) is 38.4. The number of hydrogen-bond donors (Lipinski definition) is 1. The molecule has 4 aromatic rings. The van der Waals surface area contributed by atoms with Crippen LogP contribution in [0.15, 0.2) is 77.6 Å². The lowest BCUT2D eigenvalue weighted by Crippen LogP contribution is -2.44. The molecule has 48 heavy (non-hydrogen) atoms. The van der Waals surface area contributed by atoms with Crippen molar-refractivity contribution >= 4 is 25.0 Å². The van der Waals surface area contributed by atoms with Gasteiger partial charge in [0.15, 0.2) is 14.0 Å². The highest BCUT2D eigenvalue weighted by Crippen LogP contribution is 2.46. The molecule has 1 heterocycles. The van der Waals surface area contributed by atoms with Gasteiger partial charge in [-0.3, -0.25) is 9.59 Å². The monoisotopic (exact) mass is 665 g/mol. The zero-order valence-corrected chi connectivity index (χ0v) is 30.3. The Kier molecular flexibility index (Phi) is 9.95. The van der Waals surface area contributed by atoms with E-state index in [9.17, 15) is 9.59 Å². The third kappa shape index (κ3) is 7.60. The van der Waals surface area contributed by atoms with E-state index in [2.05, 4.69) is 81.3 Å². The molecule has 0 saturated heterocycles. The van der Waals surface area contributed by atoms with Crippen LogP contribution >= 0.6 is 0 Å². The van der Waals surface area contributed by atoms with Crippen LogP contribution < -0.4 is 10.3 Å². The Balaban J connectivity index is 1.35. The van der Waals surface area contributed by atoms with Crippen LogP contribution in [0.25, 0.3) is 10.8 Å². The maximum absolute atomic E-state index is 14.5. The number of hydrogen-bond acceptors (Lipinski definition) is 5. The maximum Gasteiger partial charge on any atom is 0.294 e. The summed E-state index contributed by atoms with van der Waals surface area (Å²) in [6.45, 7) is 12.8. The van der Waals surface area contributed by atoms with E-state index < -0.39 is 13.9 Å². The number of carbonyl (C=O) groups excluding carboxylic acids is 1. The Labute approximate surface area is 286 Å². The molecule has 0 radical (unpaired) electrons. The van der Waals surface area contributed by atoms with E-state index in [1.54, 1.807) is 0 Å². The minimum Gasteiger partial charge on any atom is -0.481 e. The van der Waals surface area contributed by atoms with Crippen LogP contribution in [-0.2, 0) is 22.9 Å². The summed E-state index contributed by atoms with van der Waals surface area (Å²) in [6.07, 6.45) is 6.98. The van der Waals surface area contributed by atoms with Gasteiger partial charge in [-0.2, -0.15) is 0 Å². The molecule has 3 aromatic carbocycles. The number of aromatic nitrogens is 2. The molecule has 6 rings (SSSR count). The molecule has 2 saturated carbocycles. The average molecular weight is 666 g/mol. The van der Waals surface area contributed by atoms with Crippen LogP contribution in [0.3, 0.4) is 0 Å². The number of carbonyl (C=O) groups is 1. The topological polar surface area (TPSA) is 84.5 Å². The van der Waals surface area contributed by atoms with Gasteiger partial charge in [0.25, 0.3) is 11.5 Å². The molecular weight excluding hydrogens is 615 g/mol. The summed E-state index contributed by atoms with van der Waals surface area (Å²) in [5.41, 5.74) is 1.71. The third-order valence-electron chi connectivity index (χ3n) is 10.9. The van der Waals surface area contributed by atoms with E-state index in [0.717, 1.165) is 44.1 Å². The van der Waals surface area contributed by atoms with Gasteiger partial charge in [0.05, 0.1) is 6.61 Å². The van der Waals surface area contributed by atoms with Gasteiger partial charge < -0.3 is 19.0 Å². The smallest absolute Gasteiger partial charge is 0.294 e. The van der Waals surface area contributed by atoms with Crippen LogP contribution in [-0.4, -0.2) is 48.8 Å². The van der Waals surface area contributed by atoms with Crippen molar-refractivity contribution < 1.29 is 14.0 Å². The van der Waals surface area contributed by atoms with Gasteiger partial charge in [-0.05, 0) is 71.6 Å². The van der Waals surface area contributed by atoms with Crippen LogP contribution in [0, 0.1) is 5.92 Å². The Bertz CT molecular complexity index is 1780. The first-order valence-corrected chi connectivity index (χ1v) is 20.6. The Hall–Kier alpha value is -3.75. The van der Waals surface area contributed by atoms with Gasteiger partial charge in [-0.15, -0.1) is 0 Å². The highest BCUT2D eigenvalue weighted by molar-refractivity contribution is 6.74. The fourth-order valence-electron chi connectivity index (χ4n) is 6.87. The highest BCUT2D eigenvalue weighted by Gasteiger charge is 2.40. The number of aromatic amines is 1. The first kappa shape index (κ1) is 34.1. The first-order chi connectivity index (χ1) is 23.0. The molecule has 0 atom stereocenters. The fraction of sp³-hybridized carbons (Fsp3) is 0.475. The highest BCUT2D eigenvalue weighted by atomic mass is 28.4. The van der Waals surface area contributed by atoms with Crippen molar-refractivity contribution in [2.75, 3.05) is 19.7 Å². The largest absolute Gasteiger partial charge is 0.481 e. The van der Waals surface area contributed by atoms with Crippen molar-refractivity contribution in [3.05, 3.63) is 106 Å². The maximum atomic E-state index is 14.5. The van der Waals surface area contributed by atoms with Gasteiger partial charge in [0.1, 0.15) is 12.4 Å². The first-order valence-electron chi connectivity index (χ1n) is 17.7. The van der Waals surface area contributed by atoms with E-state index in [1.165, 1.54) is 16.3 Å². The van der Waals surface area contributed by atoms with Gasteiger partial charge >= 0.3 is 0 Å². The van der Waals surface area contributed by atoms with Gasteiger partial charge in [-0.1, -0.05) is 106 Å². The second-order valence-corrected chi connectivity index (χ2v) is 20.3. The molecule has 1 aromatic heterocycles. The molecule has 8 heteroatoms. The molecule has 1 amide bonds. The van der Waals surface area contributed by atoms with Crippen molar-refractivity contribution in [2.24, 2.45) is 5.92 Å². The second-order valence-electron chi connectivity index (χ2n) is 15.5. The Morgan fingerprint density at radius 3 is 2.38 bits per heavy atom. The lowest BCUT2D eigenvalue weighted by molar-refractivity contribution is 0.0704. The average Bonchev–Trinajstić information content (AvgIpc) is 3.77. The Morgan fingerprint density at radius 1 is 0.979 bits per heavy atom. The predicted octanol–water partition coefficient (Wildman–Crippen LogP) is 8.43. The van der Waals surface area contributed by atoms with Crippen LogP contribution in [0.1, 0.15) is 86.7 Å². The van der Waals surface area contributed by atoms with Gasteiger partial charge in [0, 0.05) is 24.9 Å². The van der Waals surface area contributed by atoms with E-state index >= 15 is 0 Å². The minimum absolute atomic E-state index is 0.00986. The molecule has 0 spiro atoms. The minimum atomic E-state index is -2.00. The van der Waals surface area contributed by atoms with Crippen LogP contribution in [0.4, 0.5) is 0 Å². The summed E-state index contributed by atoms with van der Waals surface area (Å²) < 4.78 is 12.7. The summed E-state index contributed by atoms with van der Waals surface area (Å²) in [5.74, 6) is 0.727. The summed E-state index contributed by atoms with van der Waals surface area (Å²) >= 11 is 0. The SMILES string of the molecule is CC(C)(C)[Si](C)(C)OCCN(CC1CC1)C(=O)c1nc(CC2(c3cccc4ccccc34)CCCC2)[nH]c(=O)c1OCc1ccccc1. The summed E-state index contributed by atoms with van der Waals surface area (Å²) in [7, 11) is -2.00. The number of rotatable bonds is 13. The number of amides is 1. The van der Waals surface area contributed by atoms with E-state index in [0.29, 0.717) is 37.9 Å². The molecule has 0 aliphatic heterocycles. The predicted molar refractivity (Wildman–Crippen MR) is 195 cm³/mol. The van der Waals surface area contributed by atoms with Crippen molar-refractivity contribution in [3.8, 4) is 5.75 Å². The lowest BCUT2D eigenvalue weighted by atomic mass is 9.74. The number of H-pyrrole nitrogens is 1. The van der Waals surface area contributed by atoms with E-state index in [-0.39, 0.29) is 34.4 Å². The molecule has 2 fully saturated rings. The molecule has 2 aliphatic carbocycles. The van der Waals surface area contributed by atoms with Crippen molar-refractivity contribution in [1.29, 1.82) is 0 Å². The molecule has 0 unspecified atom stereocenters. The zero-order chi connectivity index (χ0) is 33.9. The van der Waals surface area contributed by atoms with Crippen LogP contribution in [0.5, 0.6) is 5.75 Å². The van der Waals surface area contributed by atoms with Gasteiger partial charge in [-0.25, -0.2) is 4.98 Å². The number of benzene rings is 3.